The van der Waals surface area contributed by atoms with Gasteiger partial charge in [-0.15, -0.1) is 0 Å². The minimum atomic E-state index is -0.406. The van der Waals surface area contributed by atoms with Crippen LogP contribution in [0.1, 0.15) is 24.1 Å². The van der Waals surface area contributed by atoms with E-state index in [4.69, 9.17) is 26.4 Å². The van der Waals surface area contributed by atoms with Gasteiger partial charge in [0.05, 0.1) is 25.3 Å². The van der Waals surface area contributed by atoms with Crippen molar-refractivity contribution in [2.75, 3.05) is 27.4 Å². The lowest BCUT2D eigenvalue weighted by Crippen LogP contribution is -2.45. The van der Waals surface area contributed by atoms with Gasteiger partial charge in [-0.1, -0.05) is 12.1 Å². The standard InChI is InChI=1S/C17H22N2O4S/c1-10-5-6-12(9-13(10)22-4)15-14(11(2)18-17(24)19-15)16(20)23-8-7-21-3/h5-6,9,15H,7-8H2,1-4H3,(H2,18,19,24)/t15-/m1/s1. The van der Waals surface area contributed by atoms with Gasteiger partial charge in [0.25, 0.3) is 0 Å². The molecule has 0 aromatic heterocycles. The van der Waals surface area contributed by atoms with E-state index in [2.05, 4.69) is 10.6 Å². The highest BCUT2D eigenvalue weighted by atomic mass is 32.1. The van der Waals surface area contributed by atoms with E-state index in [1.54, 1.807) is 21.1 Å². The van der Waals surface area contributed by atoms with Crippen LogP contribution in [0.15, 0.2) is 29.5 Å². The molecular weight excluding hydrogens is 328 g/mol. The van der Waals surface area contributed by atoms with Crippen molar-refractivity contribution in [2.45, 2.75) is 19.9 Å². The fraction of sp³-hybridized carbons (Fsp3) is 0.412. The summed E-state index contributed by atoms with van der Waals surface area (Å²) in [6, 6.07) is 5.39. The maximum atomic E-state index is 12.5. The summed E-state index contributed by atoms with van der Waals surface area (Å²) < 4.78 is 15.6. The molecule has 0 radical (unpaired) electrons. The zero-order valence-electron chi connectivity index (χ0n) is 14.3. The maximum absolute atomic E-state index is 12.5. The van der Waals surface area contributed by atoms with Crippen LogP contribution >= 0.6 is 12.2 Å². The SMILES string of the molecule is COCCOC(=O)C1=C(C)NC(=S)N[C@@H]1c1ccc(C)c(OC)c1. The molecule has 2 rings (SSSR count). The Balaban J connectivity index is 2.36. The summed E-state index contributed by atoms with van der Waals surface area (Å²) in [5, 5.41) is 6.57. The summed E-state index contributed by atoms with van der Waals surface area (Å²) >= 11 is 5.23. The fourth-order valence-corrected chi connectivity index (χ4v) is 2.80. The van der Waals surface area contributed by atoms with Gasteiger partial charge in [0.15, 0.2) is 5.11 Å². The van der Waals surface area contributed by atoms with Crippen molar-refractivity contribution < 1.29 is 19.0 Å². The molecule has 24 heavy (non-hydrogen) atoms. The van der Waals surface area contributed by atoms with Crippen LogP contribution in [0.3, 0.4) is 0 Å². The predicted molar refractivity (Wildman–Crippen MR) is 94.9 cm³/mol. The van der Waals surface area contributed by atoms with Gasteiger partial charge in [0, 0.05) is 12.8 Å². The van der Waals surface area contributed by atoms with Crippen LogP contribution in [0.5, 0.6) is 5.75 Å². The second kappa shape index (κ2) is 8.12. The molecule has 130 valence electrons. The average molecular weight is 350 g/mol. The first-order valence-corrected chi connectivity index (χ1v) is 7.97. The summed E-state index contributed by atoms with van der Waals surface area (Å²) in [7, 11) is 3.18. The van der Waals surface area contributed by atoms with Crippen molar-refractivity contribution in [3.8, 4) is 5.75 Å². The molecule has 1 aromatic carbocycles. The van der Waals surface area contributed by atoms with Crippen molar-refractivity contribution in [2.24, 2.45) is 0 Å². The molecule has 0 amide bonds. The Hall–Kier alpha value is -2.12. The van der Waals surface area contributed by atoms with Gasteiger partial charge in [-0.3, -0.25) is 0 Å². The largest absolute Gasteiger partial charge is 0.496 e. The van der Waals surface area contributed by atoms with Crippen molar-refractivity contribution in [3.63, 3.8) is 0 Å². The second-order valence-corrected chi connectivity index (χ2v) is 5.84. The van der Waals surface area contributed by atoms with Crippen molar-refractivity contribution in [1.82, 2.24) is 10.6 Å². The van der Waals surface area contributed by atoms with Crippen LogP contribution < -0.4 is 15.4 Å². The molecule has 2 N–H and O–H groups in total. The highest BCUT2D eigenvalue weighted by Crippen LogP contribution is 2.31. The Labute approximate surface area is 147 Å². The lowest BCUT2D eigenvalue weighted by molar-refractivity contribution is -0.140. The van der Waals surface area contributed by atoms with E-state index in [0.29, 0.717) is 23.0 Å². The third-order valence-corrected chi connectivity index (χ3v) is 4.00. The Kier molecular flexibility index (Phi) is 6.16. The molecule has 0 unspecified atom stereocenters. The van der Waals surface area contributed by atoms with E-state index in [1.807, 2.05) is 25.1 Å². The van der Waals surface area contributed by atoms with E-state index in [0.717, 1.165) is 16.9 Å². The molecule has 0 bridgehead atoms. The highest BCUT2D eigenvalue weighted by Gasteiger charge is 2.31. The molecular formula is C17H22N2O4S. The number of ether oxygens (including phenoxy) is 3. The van der Waals surface area contributed by atoms with Crippen molar-refractivity contribution in [1.29, 1.82) is 0 Å². The van der Waals surface area contributed by atoms with Gasteiger partial charge in [-0.25, -0.2) is 4.79 Å². The molecule has 1 aliphatic heterocycles. The Morgan fingerprint density at radius 3 is 2.67 bits per heavy atom. The first-order chi connectivity index (χ1) is 11.5. The minimum absolute atomic E-state index is 0.195. The predicted octanol–water partition coefficient (Wildman–Crippen LogP) is 1.99. The third-order valence-electron chi connectivity index (χ3n) is 3.78. The normalized spacial score (nSPS) is 17.2. The zero-order chi connectivity index (χ0) is 17.7. The smallest absolute Gasteiger partial charge is 0.338 e. The minimum Gasteiger partial charge on any atom is -0.496 e. The van der Waals surface area contributed by atoms with Crippen LogP contribution in [-0.2, 0) is 14.3 Å². The third kappa shape index (κ3) is 4.04. The van der Waals surface area contributed by atoms with Crippen LogP contribution in [0.2, 0.25) is 0 Å². The van der Waals surface area contributed by atoms with Crippen molar-refractivity contribution >= 4 is 23.3 Å². The van der Waals surface area contributed by atoms with Gasteiger partial charge in [0.1, 0.15) is 12.4 Å². The number of rotatable bonds is 6. The fourth-order valence-electron chi connectivity index (χ4n) is 2.53. The maximum Gasteiger partial charge on any atom is 0.338 e. The zero-order valence-corrected chi connectivity index (χ0v) is 15.1. The summed E-state index contributed by atoms with van der Waals surface area (Å²) in [5.41, 5.74) is 3.05. The first-order valence-electron chi connectivity index (χ1n) is 7.56. The molecule has 1 aliphatic rings. The van der Waals surface area contributed by atoms with Gasteiger partial charge in [-0.05, 0) is 43.3 Å². The molecule has 0 spiro atoms. The second-order valence-electron chi connectivity index (χ2n) is 5.43. The van der Waals surface area contributed by atoms with Gasteiger partial charge >= 0.3 is 5.97 Å². The van der Waals surface area contributed by atoms with Gasteiger partial charge in [0.2, 0.25) is 0 Å². The van der Waals surface area contributed by atoms with E-state index in [1.165, 1.54) is 0 Å². The molecule has 0 saturated carbocycles. The van der Waals surface area contributed by atoms with Crippen molar-refractivity contribution in [3.05, 3.63) is 40.6 Å². The topological polar surface area (TPSA) is 68.8 Å². The number of carbonyl (C=O) groups is 1. The van der Waals surface area contributed by atoms with Gasteiger partial charge in [-0.2, -0.15) is 0 Å². The average Bonchev–Trinajstić information content (AvgIpc) is 2.54. The Morgan fingerprint density at radius 1 is 1.25 bits per heavy atom. The molecule has 1 aromatic rings. The summed E-state index contributed by atoms with van der Waals surface area (Å²) in [6.07, 6.45) is 0. The number of carbonyl (C=O) groups excluding carboxylic acids is 1. The molecule has 6 nitrogen and oxygen atoms in total. The van der Waals surface area contributed by atoms with Crippen LogP contribution in [0, 0.1) is 6.92 Å². The Morgan fingerprint density at radius 2 is 2.00 bits per heavy atom. The lowest BCUT2D eigenvalue weighted by atomic mass is 9.94. The molecule has 0 fully saturated rings. The quantitative estimate of drug-likeness (QED) is 0.462. The van der Waals surface area contributed by atoms with Gasteiger partial charge < -0.3 is 24.8 Å². The number of benzene rings is 1. The first kappa shape index (κ1) is 18.2. The lowest BCUT2D eigenvalue weighted by Gasteiger charge is -2.30. The summed E-state index contributed by atoms with van der Waals surface area (Å²) in [5.74, 6) is 0.347. The van der Waals surface area contributed by atoms with E-state index in [-0.39, 0.29) is 6.61 Å². The number of thiocarbonyl (C=S) groups is 1. The number of methoxy groups -OCH3 is 2. The van der Waals surface area contributed by atoms with E-state index in [9.17, 15) is 4.79 Å². The molecule has 1 heterocycles. The van der Waals surface area contributed by atoms with E-state index < -0.39 is 12.0 Å². The molecule has 1 atom stereocenters. The summed E-state index contributed by atoms with van der Waals surface area (Å²) in [4.78, 5) is 12.5. The summed E-state index contributed by atoms with van der Waals surface area (Å²) in [6.45, 7) is 4.31. The highest BCUT2D eigenvalue weighted by molar-refractivity contribution is 7.80. The van der Waals surface area contributed by atoms with E-state index >= 15 is 0 Å². The molecule has 0 aliphatic carbocycles. The Bertz CT molecular complexity index is 673. The van der Waals surface area contributed by atoms with Crippen LogP contribution in [-0.4, -0.2) is 38.5 Å². The van der Waals surface area contributed by atoms with Crippen LogP contribution in [0.25, 0.3) is 0 Å². The number of hydrogen-bond acceptors (Lipinski definition) is 5. The van der Waals surface area contributed by atoms with Crippen LogP contribution in [0.4, 0.5) is 0 Å². The number of allylic oxidation sites excluding steroid dienone is 1. The number of hydrogen-bond donors (Lipinski definition) is 2. The number of esters is 1. The molecule has 0 saturated heterocycles. The number of nitrogens with one attached hydrogen (secondary N) is 2. The monoisotopic (exact) mass is 350 g/mol. The molecule has 7 heteroatoms. The number of aryl methyl sites for hydroxylation is 1.